The van der Waals surface area contributed by atoms with Crippen LogP contribution in [0.15, 0.2) is 24.3 Å². The second-order valence-electron chi connectivity index (χ2n) is 5.28. The number of halogens is 1. The molecule has 0 unspecified atom stereocenters. The number of carbonyl (C=O) groups is 1. The van der Waals surface area contributed by atoms with Crippen LogP contribution in [-0.2, 0) is 4.79 Å². The standard InChI is InChI=1S/C15H20ClNO3/c16-12-3-1-2-4-13(12)20-10-5-14(19)17-11-15(6-7-15)8-9-18/h1-4,18H,5-11H2,(H,17,19). The topological polar surface area (TPSA) is 58.6 Å². The zero-order valence-electron chi connectivity index (χ0n) is 11.4. The van der Waals surface area contributed by atoms with Gasteiger partial charge in [-0.1, -0.05) is 23.7 Å². The Hall–Kier alpha value is -1.26. The lowest BCUT2D eigenvalue weighted by Crippen LogP contribution is -2.31. The monoisotopic (exact) mass is 297 g/mol. The number of benzene rings is 1. The van der Waals surface area contributed by atoms with Gasteiger partial charge in [0.15, 0.2) is 0 Å². The van der Waals surface area contributed by atoms with Gasteiger partial charge in [0.2, 0.25) is 5.91 Å². The van der Waals surface area contributed by atoms with Crippen molar-refractivity contribution in [3.63, 3.8) is 0 Å². The van der Waals surface area contributed by atoms with Gasteiger partial charge in [-0.25, -0.2) is 0 Å². The molecule has 1 fully saturated rings. The van der Waals surface area contributed by atoms with Crippen molar-refractivity contribution in [2.75, 3.05) is 19.8 Å². The van der Waals surface area contributed by atoms with Gasteiger partial charge >= 0.3 is 0 Å². The van der Waals surface area contributed by atoms with E-state index in [1.807, 2.05) is 12.1 Å². The maximum Gasteiger partial charge on any atom is 0.223 e. The Morgan fingerprint density at radius 1 is 1.40 bits per heavy atom. The van der Waals surface area contributed by atoms with Gasteiger partial charge in [-0.05, 0) is 36.8 Å². The molecule has 0 saturated heterocycles. The van der Waals surface area contributed by atoms with Gasteiger partial charge in [0.25, 0.3) is 0 Å². The molecule has 0 spiro atoms. The Morgan fingerprint density at radius 2 is 2.15 bits per heavy atom. The average molecular weight is 298 g/mol. The average Bonchev–Trinajstić information content (AvgIpc) is 3.19. The first-order chi connectivity index (χ1) is 9.65. The quantitative estimate of drug-likeness (QED) is 0.774. The second kappa shape index (κ2) is 6.95. The van der Waals surface area contributed by atoms with Crippen molar-refractivity contribution in [1.82, 2.24) is 5.32 Å². The number of nitrogens with one attached hydrogen (secondary N) is 1. The van der Waals surface area contributed by atoms with E-state index in [0.29, 0.717) is 30.3 Å². The summed E-state index contributed by atoms with van der Waals surface area (Å²) >= 11 is 5.95. The van der Waals surface area contributed by atoms with Gasteiger partial charge in [-0.15, -0.1) is 0 Å². The van der Waals surface area contributed by atoms with Gasteiger partial charge in [0.1, 0.15) is 5.75 Å². The number of hydrogen-bond acceptors (Lipinski definition) is 3. The highest BCUT2D eigenvalue weighted by Gasteiger charge is 2.41. The van der Waals surface area contributed by atoms with E-state index in [4.69, 9.17) is 21.4 Å². The first kappa shape index (κ1) is 15.1. The van der Waals surface area contributed by atoms with Gasteiger partial charge in [-0.2, -0.15) is 0 Å². The largest absolute Gasteiger partial charge is 0.491 e. The van der Waals surface area contributed by atoms with Gasteiger partial charge < -0.3 is 15.2 Å². The summed E-state index contributed by atoms with van der Waals surface area (Å²) in [5.74, 6) is 0.571. The fourth-order valence-corrected chi connectivity index (χ4v) is 2.31. The van der Waals surface area contributed by atoms with Gasteiger partial charge in [-0.3, -0.25) is 4.79 Å². The van der Waals surface area contributed by atoms with Crippen molar-refractivity contribution in [2.45, 2.75) is 25.7 Å². The van der Waals surface area contributed by atoms with Crippen LogP contribution in [-0.4, -0.2) is 30.8 Å². The molecule has 0 atom stereocenters. The normalized spacial score (nSPS) is 15.7. The van der Waals surface area contributed by atoms with Crippen LogP contribution in [0.3, 0.4) is 0 Å². The molecule has 4 nitrogen and oxygen atoms in total. The molecular formula is C15H20ClNO3. The van der Waals surface area contributed by atoms with Crippen LogP contribution in [0.5, 0.6) is 5.75 Å². The van der Waals surface area contributed by atoms with Crippen molar-refractivity contribution in [2.24, 2.45) is 5.41 Å². The van der Waals surface area contributed by atoms with E-state index in [1.165, 1.54) is 0 Å². The minimum Gasteiger partial charge on any atom is -0.491 e. The zero-order chi connectivity index (χ0) is 14.4. The van der Waals surface area contributed by atoms with E-state index in [-0.39, 0.29) is 17.9 Å². The molecule has 110 valence electrons. The van der Waals surface area contributed by atoms with E-state index >= 15 is 0 Å². The first-order valence-corrected chi connectivity index (χ1v) is 7.28. The minimum absolute atomic E-state index is 0.0266. The molecule has 2 N–H and O–H groups in total. The maximum atomic E-state index is 11.7. The molecule has 2 rings (SSSR count). The summed E-state index contributed by atoms with van der Waals surface area (Å²) in [6.07, 6.45) is 3.25. The highest BCUT2D eigenvalue weighted by atomic mass is 35.5. The summed E-state index contributed by atoms with van der Waals surface area (Å²) in [4.78, 5) is 11.7. The maximum absolute atomic E-state index is 11.7. The molecule has 0 heterocycles. The lowest BCUT2D eigenvalue weighted by Gasteiger charge is -2.14. The minimum atomic E-state index is -0.0266. The van der Waals surface area contributed by atoms with Crippen LogP contribution >= 0.6 is 11.6 Å². The molecule has 1 aromatic carbocycles. The Labute approximate surface area is 124 Å². The van der Waals surface area contributed by atoms with E-state index in [2.05, 4.69) is 5.32 Å². The summed E-state index contributed by atoms with van der Waals surface area (Å²) < 4.78 is 5.47. The molecule has 5 heteroatoms. The Balaban J connectivity index is 1.65. The fraction of sp³-hybridized carbons (Fsp3) is 0.533. The predicted molar refractivity (Wildman–Crippen MR) is 77.9 cm³/mol. The molecular weight excluding hydrogens is 278 g/mol. The number of hydrogen-bond donors (Lipinski definition) is 2. The zero-order valence-corrected chi connectivity index (χ0v) is 12.2. The number of aliphatic hydroxyl groups is 1. The van der Waals surface area contributed by atoms with Gasteiger partial charge in [0.05, 0.1) is 18.1 Å². The van der Waals surface area contributed by atoms with Crippen molar-refractivity contribution < 1.29 is 14.6 Å². The lowest BCUT2D eigenvalue weighted by molar-refractivity contribution is -0.121. The Morgan fingerprint density at radius 3 is 2.80 bits per heavy atom. The SMILES string of the molecule is O=C(CCOc1ccccc1Cl)NCC1(CCO)CC1. The van der Waals surface area contributed by atoms with Gasteiger partial charge in [0, 0.05) is 13.2 Å². The smallest absolute Gasteiger partial charge is 0.223 e. The van der Waals surface area contributed by atoms with Crippen LogP contribution in [0.2, 0.25) is 5.02 Å². The highest BCUT2D eigenvalue weighted by Crippen LogP contribution is 2.47. The molecule has 1 saturated carbocycles. The summed E-state index contributed by atoms with van der Waals surface area (Å²) in [5, 5.41) is 12.4. The molecule has 20 heavy (non-hydrogen) atoms. The number of para-hydroxylation sites is 1. The third-order valence-electron chi connectivity index (χ3n) is 3.68. The van der Waals surface area contributed by atoms with Crippen LogP contribution < -0.4 is 10.1 Å². The molecule has 1 aliphatic carbocycles. The summed E-state index contributed by atoms with van der Waals surface area (Å²) in [5.41, 5.74) is 0.147. The number of aliphatic hydroxyl groups excluding tert-OH is 1. The number of carbonyl (C=O) groups excluding carboxylic acids is 1. The third kappa shape index (κ3) is 4.39. The second-order valence-corrected chi connectivity index (χ2v) is 5.69. The van der Waals surface area contributed by atoms with E-state index in [0.717, 1.165) is 19.3 Å². The number of rotatable bonds is 8. The number of ether oxygens (including phenoxy) is 1. The first-order valence-electron chi connectivity index (χ1n) is 6.90. The van der Waals surface area contributed by atoms with Crippen LogP contribution in [0.25, 0.3) is 0 Å². The molecule has 0 aliphatic heterocycles. The lowest BCUT2D eigenvalue weighted by atomic mass is 10.0. The number of amides is 1. The summed E-state index contributed by atoms with van der Waals surface area (Å²) in [6.45, 7) is 1.15. The highest BCUT2D eigenvalue weighted by molar-refractivity contribution is 6.32. The van der Waals surface area contributed by atoms with Crippen molar-refractivity contribution in [1.29, 1.82) is 0 Å². The van der Waals surface area contributed by atoms with E-state index in [1.54, 1.807) is 12.1 Å². The Kier molecular flexibility index (Phi) is 5.26. The molecule has 1 aliphatic rings. The van der Waals surface area contributed by atoms with E-state index in [9.17, 15) is 4.79 Å². The molecule has 0 aromatic heterocycles. The summed E-state index contributed by atoms with van der Waals surface area (Å²) in [6, 6.07) is 7.20. The molecule has 0 bridgehead atoms. The third-order valence-corrected chi connectivity index (χ3v) is 4.00. The van der Waals surface area contributed by atoms with Crippen molar-refractivity contribution in [3.05, 3.63) is 29.3 Å². The molecule has 0 radical (unpaired) electrons. The summed E-state index contributed by atoms with van der Waals surface area (Å²) in [7, 11) is 0. The van der Waals surface area contributed by atoms with E-state index < -0.39 is 0 Å². The predicted octanol–water partition coefficient (Wildman–Crippen LogP) is 2.39. The van der Waals surface area contributed by atoms with Crippen molar-refractivity contribution in [3.8, 4) is 5.75 Å². The van der Waals surface area contributed by atoms with Crippen LogP contribution in [0.4, 0.5) is 0 Å². The fourth-order valence-electron chi connectivity index (χ4n) is 2.12. The molecule has 1 amide bonds. The van der Waals surface area contributed by atoms with Crippen molar-refractivity contribution >= 4 is 17.5 Å². The molecule has 1 aromatic rings. The van der Waals surface area contributed by atoms with Crippen LogP contribution in [0, 0.1) is 5.41 Å². The Bertz CT molecular complexity index is 460. The van der Waals surface area contributed by atoms with Crippen LogP contribution in [0.1, 0.15) is 25.7 Å².